The van der Waals surface area contributed by atoms with E-state index in [1.54, 1.807) is 17.0 Å². The van der Waals surface area contributed by atoms with Gasteiger partial charge in [-0.05, 0) is 18.2 Å². The van der Waals surface area contributed by atoms with Crippen LogP contribution in [0.4, 0.5) is 4.39 Å². The fourth-order valence-corrected chi connectivity index (χ4v) is 4.43. The first kappa shape index (κ1) is 19.6. The second-order valence-electron chi connectivity index (χ2n) is 5.53. The fraction of sp³-hybridized carbons (Fsp3) is 0.400. The molecule has 7 nitrogen and oxygen atoms in total. The smallest absolute Gasteiger partial charge is 0.243 e. The lowest BCUT2D eigenvalue weighted by Gasteiger charge is -2.34. The van der Waals surface area contributed by atoms with Crippen LogP contribution in [0.3, 0.4) is 0 Å². The maximum atomic E-state index is 13.9. The average molecular weight is 391 g/mol. The van der Waals surface area contributed by atoms with Crippen LogP contribution in [0.1, 0.15) is 11.9 Å². The maximum absolute atomic E-state index is 13.9. The zero-order valence-electron chi connectivity index (χ0n) is 13.8. The molecule has 3 rings (SSSR count). The van der Waals surface area contributed by atoms with Crippen LogP contribution in [0.25, 0.3) is 0 Å². The van der Waals surface area contributed by atoms with E-state index in [0.29, 0.717) is 18.9 Å². The molecule has 1 atom stereocenters. The van der Waals surface area contributed by atoms with Crippen molar-refractivity contribution in [1.82, 2.24) is 19.2 Å². The van der Waals surface area contributed by atoms with E-state index >= 15 is 0 Å². The summed E-state index contributed by atoms with van der Waals surface area (Å²) in [5.41, 5.74) is 0. The number of methoxy groups -OCH3 is 1. The molecule has 10 heteroatoms. The molecular formula is C15H20ClFN4O3S. The molecular weight excluding hydrogens is 371 g/mol. The summed E-state index contributed by atoms with van der Waals surface area (Å²) in [5, 5.41) is 3.18. The lowest BCUT2D eigenvalue weighted by Crippen LogP contribution is -2.49. The molecule has 0 radical (unpaired) electrons. The SMILES string of the molecule is COc1ccc(S(=O)(=O)N2CCNCC2c2nccn2C)cc1F.Cl. The van der Waals surface area contributed by atoms with E-state index in [9.17, 15) is 12.8 Å². The molecule has 1 aliphatic rings. The van der Waals surface area contributed by atoms with E-state index in [4.69, 9.17) is 4.74 Å². The number of ether oxygens (including phenoxy) is 1. The number of nitrogens with zero attached hydrogens (tertiary/aromatic N) is 3. The Bertz CT molecular complexity index is 843. The first-order valence-electron chi connectivity index (χ1n) is 7.48. The Hall–Kier alpha value is -1.68. The number of sulfonamides is 1. The van der Waals surface area contributed by atoms with Gasteiger partial charge in [0.15, 0.2) is 11.6 Å². The Balaban J connectivity index is 0.00000225. The summed E-state index contributed by atoms with van der Waals surface area (Å²) in [7, 11) is -0.709. The summed E-state index contributed by atoms with van der Waals surface area (Å²) in [6, 6.07) is 3.22. The number of nitrogens with one attached hydrogen (secondary N) is 1. The van der Waals surface area contributed by atoms with Gasteiger partial charge < -0.3 is 14.6 Å². The fourth-order valence-electron chi connectivity index (χ4n) is 2.83. The van der Waals surface area contributed by atoms with E-state index < -0.39 is 21.9 Å². The topological polar surface area (TPSA) is 76.5 Å². The molecule has 138 valence electrons. The van der Waals surface area contributed by atoms with Crippen LogP contribution in [-0.4, -0.2) is 49.0 Å². The molecule has 0 bridgehead atoms. The zero-order chi connectivity index (χ0) is 17.3. The number of imidazole rings is 1. The van der Waals surface area contributed by atoms with Gasteiger partial charge in [-0.25, -0.2) is 17.8 Å². The lowest BCUT2D eigenvalue weighted by atomic mass is 10.2. The molecule has 2 heterocycles. The van der Waals surface area contributed by atoms with Gasteiger partial charge in [0.2, 0.25) is 10.0 Å². The second-order valence-corrected chi connectivity index (χ2v) is 7.42. The highest BCUT2D eigenvalue weighted by molar-refractivity contribution is 7.89. The Morgan fingerprint density at radius 2 is 2.16 bits per heavy atom. The van der Waals surface area contributed by atoms with Crippen molar-refractivity contribution in [1.29, 1.82) is 0 Å². The van der Waals surface area contributed by atoms with Crippen molar-refractivity contribution in [3.05, 3.63) is 42.2 Å². The molecule has 1 saturated heterocycles. The molecule has 1 N–H and O–H groups in total. The quantitative estimate of drug-likeness (QED) is 0.852. The minimum Gasteiger partial charge on any atom is -0.494 e. The standard InChI is InChI=1S/C15H19FN4O3S.ClH/c1-19-7-6-18-15(19)13-10-17-5-8-20(13)24(21,22)11-3-4-14(23-2)12(16)9-11;/h3-4,6-7,9,13,17H,5,8,10H2,1-2H3;1H. The van der Waals surface area contributed by atoms with E-state index in [2.05, 4.69) is 10.3 Å². The summed E-state index contributed by atoms with van der Waals surface area (Å²) in [6.07, 6.45) is 3.39. The predicted octanol–water partition coefficient (Wildman–Crippen LogP) is 1.32. The second kappa shape index (κ2) is 7.69. The molecule has 2 aromatic rings. The molecule has 1 unspecified atom stereocenters. The minimum absolute atomic E-state index is 0. The summed E-state index contributed by atoms with van der Waals surface area (Å²) >= 11 is 0. The van der Waals surface area contributed by atoms with Crippen molar-refractivity contribution in [3.8, 4) is 5.75 Å². The number of aromatic nitrogens is 2. The molecule has 1 aromatic carbocycles. The van der Waals surface area contributed by atoms with Gasteiger partial charge in [0.1, 0.15) is 5.82 Å². The van der Waals surface area contributed by atoms with E-state index in [0.717, 1.165) is 6.07 Å². The van der Waals surface area contributed by atoms with Crippen molar-refractivity contribution < 1.29 is 17.5 Å². The number of aryl methyl sites for hydroxylation is 1. The highest BCUT2D eigenvalue weighted by Gasteiger charge is 2.36. The van der Waals surface area contributed by atoms with Gasteiger partial charge in [-0.1, -0.05) is 0 Å². The molecule has 1 fully saturated rings. The molecule has 0 saturated carbocycles. The van der Waals surface area contributed by atoms with Crippen molar-refractivity contribution in [3.63, 3.8) is 0 Å². The van der Waals surface area contributed by atoms with Crippen molar-refractivity contribution in [2.45, 2.75) is 10.9 Å². The monoisotopic (exact) mass is 390 g/mol. The van der Waals surface area contributed by atoms with Crippen LogP contribution in [-0.2, 0) is 17.1 Å². The van der Waals surface area contributed by atoms with Gasteiger partial charge in [-0.15, -0.1) is 12.4 Å². The van der Waals surface area contributed by atoms with E-state index in [1.807, 2.05) is 7.05 Å². The predicted molar refractivity (Wildman–Crippen MR) is 92.9 cm³/mol. The Labute approximate surface area is 152 Å². The Morgan fingerprint density at radius 1 is 1.40 bits per heavy atom. The van der Waals surface area contributed by atoms with E-state index in [-0.39, 0.29) is 29.6 Å². The van der Waals surface area contributed by atoms with Gasteiger partial charge in [0.05, 0.1) is 18.0 Å². The van der Waals surface area contributed by atoms with E-state index in [1.165, 1.54) is 23.5 Å². The Morgan fingerprint density at radius 3 is 2.76 bits per heavy atom. The van der Waals surface area contributed by atoms with Crippen molar-refractivity contribution in [2.75, 3.05) is 26.7 Å². The number of hydrogen-bond donors (Lipinski definition) is 1. The largest absolute Gasteiger partial charge is 0.494 e. The highest BCUT2D eigenvalue weighted by Crippen LogP contribution is 2.29. The first-order chi connectivity index (χ1) is 11.4. The summed E-state index contributed by atoms with van der Waals surface area (Å²) in [4.78, 5) is 4.17. The molecule has 0 spiro atoms. The van der Waals surface area contributed by atoms with Crippen LogP contribution >= 0.6 is 12.4 Å². The van der Waals surface area contributed by atoms with Crippen LogP contribution in [0, 0.1) is 5.82 Å². The number of benzene rings is 1. The molecule has 0 amide bonds. The van der Waals surface area contributed by atoms with Crippen LogP contribution in [0.5, 0.6) is 5.75 Å². The molecule has 1 aromatic heterocycles. The van der Waals surface area contributed by atoms with Crippen LogP contribution < -0.4 is 10.1 Å². The van der Waals surface area contributed by atoms with Crippen molar-refractivity contribution in [2.24, 2.45) is 7.05 Å². The normalized spacial score (nSPS) is 18.6. The third-order valence-electron chi connectivity index (χ3n) is 4.08. The summed E-state index contributed by atoms with van der Waals surface area (Å²) in [5.74, 6) is -0.0584. The lowest BCUT2D eigenvalue weighted by molar-refractivity contribution is 0.258. The van der Waals surface area contributed by atoms with Gasteiger partial charge in [-0.3, -0.25) is 0 Å². The molecule has 0 aliphatic carbocycles. The molecule has 25 heavy (non-hydrogen) atoms. The van der Waals surface area contributed by atoms with Gasteiger partial charge in [-0.2, -0.15) is 4.31 Å². The van der Waals surface area contributed by atoms with Gasteiger partial charge >= 0.3 is 0 Å². The summed E-state index contributed by atoms with van der Waals surface area (Å²) in [6.45, 7) is 1.26. The van der Waals surface area contributed by atoms with Gasteiger partial charge in [0.25, 0.3) is 0 Å². The number of hydrogen-bond acceptors (Lipinski definition) is 5. The third kappa shape index (κ3) is 3.64. The number of halogens is 2. The third-order valence-corrected chi connectivity index (χ3v) is 5.98. The molecule has 1 aliphatic heterocycles. The Kier molecular flexibility index (Phi) is 6.04. The first-order valence-corrected chi connectivity index (χ1v) is 8.92. The van der Waals surface area contributed by atoms with Crippen molar-refractivity contribution >= 4 is 22.4 Å². The van der Waals surface area contributed by atoms with Gasteiger partial charge in [0, 0.05) is 39.1 Å². The number of rotatable bonds is 4. The van der Waals surface area contributed by atoms with Crippen LogP contribution in [0.15, 0.2) is 35.5 Å². The zero-order valence-corrected chi connectivity index (χ0v) is 15.5. The van der Waals surface area contributed by atoms with Crippen LogP contribution in [0.2, 0.25) is 0 Å². The highest BCUT2D eigenvalue weighted by atomic mass is 35.5. The minimum atomic E-state index is -3.86. The average Bonchev–Trinajstić information content (AvgIpc) is 3.00. The number of piperazine rings is 1. The summed E-state index contributed by atoms with van der Waals surface area (Å²) < 4.78 is 48.0. The maximum Gasteiger partial charge on any atom is 0.243 e.